The van der Waals surface area contributed by atoms with E-state index in [0.29, 0.717) is 0 Å². The Morgan fingerprint density at radius 3 is 2.05 bits per heavy atom. The van der Waals surface area contributed by atoms with E-state index in [2.05, 4.69) is 23.5 Å². The number of nitrogens with one attached hydrogen (secondary N) is 1. The van der Waals surface area contributed by atoms with Crippen LogP contribution in [0.5, 0.6) is 0 Å². The minimum atomic E-state index is -3.06. The van der Waals surface area contributed by atoms with Crippen LogP contribution < -0.4 is 5.32 Å². The van der Waals surface area contributed by atoms with Gasteiger partial charge in [-0.1, -0.05) is 36.2 Å². The molecule has 0 aliphatic rings. The van der Waals surface area contributed by atoms with Crippen molar-refractivity contribution < 1.29 is 8.42 Å². The van der Waals surface area contributed by atoms with E-state index in [1.807, 2.05) is 20.8 Å². The van der Waals surface area contributed by atoms with Crippen molar-refractivity contribution in [2.24, 2.45) is 0 Å². The first kappa shape index (κ1) is 16.2. The van der Waals surface area contributed by atoms with E-state index in [-0.39, 0.29) is 17.0 Å². The maximum absolute atomic E-state index is 12.1. The van der Waals surface area contributed by atoms with Gasteiger partial charge in [0, 0.05) is 6.04 Å². The van der Waals surface area contributed by atoms with Gasteiger partial charge in [-0.15, -0.1) is 0 Å². The minimum Gasteiger partial charge on any atom is -0.309 e. The summed E-state index contributed by atoms with van der Waals surface area (Å²) >= 11 is 0. The zero-order chi connectivity index (χ0) is 14.6. The van der Waals surface area contributed by atoms with Gasteiger partial charge in [-0.05, 0) is 39.8 Å². The summed E-state index contributed by atoms with van der Waals surface area (Å²) in [6, 6.07) is 6.10. The molecular formula is C15H25NO2S. The summed E-state index contributed by atoms with van der Waals surface area (Å²) < 4.78 is 24.2. The van der Waals surface area contributed by atoms with Gasteiger partial charge in [0.25, 0.3) is 0 Å². The van der Waals surface area contributed by atoms with Crippen molar-refractivity contribution in [2.45, 2.75) is 45.9 Å². The van der Waals surface area contributed by atoms with Gasteiger partial charge < -0.3 is 5.32 Å². The number of aryl methyl sites for hydroxylation is 2. The van der Waals surface area contributed by atoms with Gasteiger partial charge in [0.05, 0.1) is 11.0 Å². The molecule has 0 spiro atoms. The summed E-state index contributed by atoms with van der Waals surface area (Å²) in [4.78, 5) is 0. The number of sulfone groups is 1. The van der Waals surface area contributed by atoms with Gasteiger partial charge in [-0.3, -0.25) is 0 Å². The largest absolute Gasteiger partial charge is 0.309 e. The van der Waals surface area contributed by atoms with Crippen molar-refractivity contribution in [1.29, 1.82) is 0 Å². The average Bonchev–Trinajstić information content (AvgIpc) is 2.26. The van der Waals surface area contributed by atoms with Crippen molar-refractivity contribution in [3.63, 3.8) is 0 Å². The molecule has 0 aliphatic carbocycles. The molecule has 0 amide bonds. The molecular weight excluding hydrogens is 258 g/mol. The predicted molar refractivity (Wildman–Crippen MR) is 81.3 cm³/mol. The molecule has 0 saturated heterocycles. The van der Waals surface area contributed by atoms with Crippen LogP contribution in [0.2, 0.25) is 0 Å². The summed E-state index contributed by atoms with van der Waals surface area (Å²) in [5, 5.41) is 2.95. The Morgan fingerprint density at radius 1 is 1.11 bits per heavy atom. The van der Waals surface area contributed by atoms with E-state index in [1.54, 1.807) is 13.8 Å². The molecule has 0 aromatic heterocycles. The lowest BCUT2D eigenvalue weighted by molar-refractivity contribution is 0.553. The summed E-state index contributed by atoms with van der Waals surface area (Å²) in [7, 11) is -3.06. The summed E-state index contributed by atoms with van der Waals surface area (Å²) in [6.07, 6.45) is 0. The smallest absolute Gasteiger partial charge is 0.154 e. The molecule has 0 fully saturated rings. The first-order chi connectivity index (χ1) is 8.76. The van der Waals surface area contributed by atoms with Crippen molar-refractivity contribution >= 4 is 9.84 Å². The molecule has 108 valence electrons. The second kappa shape index (κ2) is 6.53. The van der Waals surface area contributed by atoms with E-state index in [1.165, 1.54) is 11.1 Å². The van der Waals surface area contributed by atoms with Crippen LogP contribution in [0.1, 0.15) is 43.5 Å². The van der Waals surface area contributed by atoms with E-state index in [9.17, 15) is 8.42 Å². The molecule has 1 atom stereocenters. The Balaban J connectivity index is 3.07. The van der Waals surface area contributed by atoms with Crippen LogP contribution in [0.4, 0.5) is 0 Å². The molecule has 0 bridgehead atoms. The Kier molecular flexibility index (Phi) is 5.56. The standard InChI is InChI=1S/C15H25NO2S/c1-6-16-15(10-19(17,18)11(2)3)14-8-12(4)7-13(5)9-14/h7-9,11,15-16H,6,10H2,1-5H3. The second-order valence-electron chi connectivity index (χ2n) is 5.41. The van der Waals surface area contributed by atoms with E-state index in [4.69, 9.17) is 0 Å². The van der Waals surface area contributed by atoms with Crippen LogP contribution in [-0.2, 0) is 9.84 Å². The average molecular weight is 283 g/mol. The third-order valence-corrected chi connectivity index (χ3v) is 5.45. The normalized spacial score (nSPS) is 13.8. The predicted octanol–water partition coefficient (Wildman–Crippen LogP) is 2.78. The van der Waals surface area contributed by atoms with Gasteiger partial charge in [0.1, 0.15) is 0 Å². The van der Waals surface area contributed by atoms with Crippen LogP contribution in [0.25, 0.3) is 0 Å². The number of rotatable bonds is 6. The van der Waals surface area contributed by atoms with Crippen molar-refractivity contribution in [3.05, 3.63) is 34.9 Å². The third kappa shape index (κ3) is 4.62. The Hall–Kier alpha value is -0.870. The Labute approximate surface area is 117 Å². The highest BCUT2D eigenvalue weighted by Gasteiger charge is 2.23. The van der Waals surface area contributed by atoms with Crippen LogP contribution >= 0.6 is 0 Å². The molecule has 0 saturated carbocycles. The van der Waals surface area contributed by atoms with Crippen LogP contribution in [0.15, 0.2) is 18.2 Å². The maximum Gasteiger partial charge on any atom is 0.154 e. The van der Waals surface area contributed by atoms with Crippen molar-refractivity contribution in [1.82, 2.24) is 5.32 Å². The van der Waals surface area contributed by atoms with E-state index < -0.39 is 9.84 Å². The molecule has 4 heteroatoms. The lowest BCUT2D eigenvalue weighted by atomic mass is 10.0. The topological polar surface area (TPSA) is 46.2 Å². The Morgan fingerprint density at radius 2 is 1.63 bits per heavy atom. The van der Waals surface area contributed by atoms with E-state index >= 15 is 0 Å². The first-order valence-corrected chi connectivity index (χ1v) is 8.51. The molecule has 0 aliphatic heterocycles. The fourth-order valence-electron chi connectivity index (χ4n) is 2.16. The molecule has 1 aromatic carbocycles. The zero-order valence-corrected chi connectivity index (χ0v) is 13.3. The molecule has 1 rings (SSSR count). The number of hydrogen-bond donors (Lipinski definition) is 1. The summed E-state index contributed by atoms with van der Waals surface area (Å²) in [6.45, 7) is 10.3. The quantitative estimate of drug-likeness (QED) is 0.873. The maximum atomic E-state index is 12.1. The van der Waals surface area contributed by atoms with Crippen molar-refractivity contribution in [2.75, 3.05) is 12.3 Å². The van der Waals surface area contributed by atoms with Crippen LogP contribution in [0.3, 0.4) is 0 Å². The molecule has 0 radical (unpaired) electrons. The molecule has 1 aromatic rings. The first-order valence-electron chi connectivity index (χ1n) is 6.79. The Bertz CT molecular complexity index is 501. The highest BCUT2D eigenvalue weighted by molar-refractivity contribution is 7.92. The highest BCUT2D eigenvalue weighted by Crippen LogP contribution is 2.20. The summed E-state index contributed by atoms with van der Waals surface area (Å²) in [5.41, 5.74) is 3.39. The zero-order valence-electron chi connectivity index (χ0n) is 12.5. The fourth-order valence-corrected chi connectivity index (χ4v) is 3.32. The summed E-state index contributed by atoms with van der Waals surface area (Å²) in [5.74, 6) is 0.154. The van der Waals surface area contributed by atoms with Crippen LogP contribution in [-0.4, -0.2) is 26.0 Å². The molecule has 1 unspecified atom stereocenters. The molecule has 1 N–H and O–H groups in total. The molecule has 3 nitrogen and oxygen atoms in total. The van der Waals surface area contributed by atoms with Crippen molar-refractivity contribution in [3.8, 4) is 0 Å². The number of hydrogen-bond acceptors (Lipinski definition) is 3. The van der Waals surface area contributed by atoms with Gasteiger partial charge in [-0.2, -0.15) is 0 Å². The van der Waals surface area contributed by atoms with Gasteiger partial charge in [0.15, 0.2) is 9.84 Å². The fraction of sp³-hybridized carbons (Fsp3) is 0.600. The number of benzene rings is 1. The minimum absolute atomic E-state index is 0.129. The van der Waals surface area contributed by atoms with Gasteiger partial charge >= 0.3 is 0 Å². The monoisotopic (exact) mass is 283 g/mol. The molecule has 0 heterocycles. The highest BCUT2D eigenvalue weighted by atomic mass is 32.2. The third-order valence-electron chi connectivity index (χ3n) is 3.21. The van der Waals surface area contributed by atoms with Gasteiger partial charge in [-0.25, -0.2) is 8.42 Å². The second-order valence-corrected chi connectivity index (χ2v) is 8.01. The van der Waals surface area contributed by atoms with E-state index in [0.717, 1.165) is 12.1 Å². The molecule has 19 heavy (non-hydrogen) atoms. The van der Waals surface area contributed by atoms with Gasteiger partial charge in [0.2, 0.25) is 0 Å². The lowest BCUT2D eigenvalue weighted by Crippen LogP contribution is -2.31. The lowest BCUT2D eigenvalue weighted by Gasteiger charge is -2.20. The van der Waals surface area contributed by atoms with Crippen LogP contribution in [0, 0.1) is 13.8 Å². The SMILES string of the molecule is CCNC(CS(=O)(=O)C(C)C)c1cc(C)cc(C)c1.